The van der Waals surface area contributed by atoms with Crippen molar-refractivity contribution in [1.29, 1.82) is 0 Å². The summed E-state index contributed by atoms with van der Waals surface area (Å²) in [5.74, 6) is 0. The first-order chi connectivity index (χ1) is 17.1. The molecule has 0 N–H and O–H groups in total. The van der Waals surface area contributed by atoms with Gasteiger partial charge in [0.15, 0.2) is 6.20 Å². The lowest BCUT2D eigenvalue weighted by Gasteiger charge is -2.21. The monoisotopic (exact) mass is 430 g/mol. The van der Waals surface area contributed by atoms with Crippen LogP contribution in [0.3, 0.4) is 0 Å². The van der Waals surface area contributed by atoms with Crippen LogP contribution < -0.4 is 4.57 Å². The van der Waals surface area contributed by atoms with Gasteiger partial charge in [0.2, 0.25) is 5.69 Å². The zero-order valence-electron chi connectivity index (χ0n) is 22.3. The Bertz CT molecular complexity index is 1870. The van der Waals surface area contributed by atoms with Gasteiger partial charge in [0.1, 0.15) is 7.05 Å². The van der Waals surface area contributed by atoms with E-state index in [2.05, 4.69) is 79.8 Å². The van der Waals surface area contributed by atoms with E-state index in [1.807, 2.05) is 17.7 Å². The minimum Gasteiger partial charge on any atom is -0.307 e. The molecular formula is C31H27N2+. The van der Waals surface area contributed by atoms with E-state index in [1.54, 1.807) is 12.3 Å². The molecule has 0 fully saturated rings. The maximum absolute atomic E-state index is 7.86. The highest BCUT2D eigenvalue weighted by Gasteiger charge is 2.41. The van der Waals surface area contributed by atoms with Gasteiger partial charge in [-0.05, 0) is 36.5 Å². The van der Waals surface area contributed by atoms with Crippen molar-refractivity contribution < 1.29 is 8.68 Å². The molecule has 0 bridgehead atoms. The van der Waals surface area contributed by atoms with Crippen molar-refractivity contribution in [2.24, 2.45) is 7.05 Å². The Hall–Kier alpha value is -3.65. The van der Waals surface area contributed by atoms with Crippen LogP contribution in [0.15, 0.2) is 72.9 Å². The first kappa shape index (κ1) is 16.0. The fourth-order valence-electron chi connectivity index (χ4n) is 6.37. The van der Waals surface area contributed by atoms with Crippen LogP contribution >= 0.6 is 0 Å². The largest absolute Gasteiger partial charge is 0.307 e. The first-order valence-electron chi connectivity index (χ1n) is 13.0. The summed E-state index contributed by atoms with van der Waals surface area (Å²) in [6, 6.07) is 23.6. The molecule has 0 saturated carbocycles. The predicted molar refractivity (Wildman–Crippen MR) is 137 cm³/mol. The van der Waals surface area contributed by atoms with Crippen LogP contribution in [0.1, 0.15) is 40.2 Å². The Balaban J connectivity index is 1.69. The fraction of sp³-hybridized carbons (Fsp3) is 0.194. The lowest BCUT2D eigenvalue weighted by molar-refractivity contribution is -0.660. The van der Waals surface area contributed by atoms with E-state index >= 15 is 0 Å². The average molecular weight is 431 g/mol. The van der Waals surface area contributed by atoms with E-state index in [9.17, 15) is 0 Å². The minimum atomic E-state index is -2.14. The fourth-order valence-corrected chi connectivity index (χ4v) is 6.37. The summed E-state index contributed by atoms with van der Waals surface area (Å²) in [4.78, 5) is 0. The molecule has 0 unspecified atom stereocenters. The summed E-state index contributed by atoms with van der Waals surface area (Å²) in [6.07, 6.45) is 1.75. The SMILES string of the molecule is [2H]C([2H])([2H])c1ccc(-c2c(C)ccc3c4cccc5c6c(n(c23)c54)-c2ccccc2C6(C)C)[n+](C)c1. The third-order valence-corrected chi connectivity index (χ3v) is 7.76. The van der Waals surface area contributed by atoms with Gasteiger partial charge >= 0.3 is 0 Å². The summed E-state index contributed by atoms with van der Waals surface area (Å²) in [5, 5.41) is 3.79. The lowest BCUT2D eigenvalue weighted by Crippen LogP contribution is -2.31. The molecule has 1 aliphatic rings. The molecule has 33 heavy (non-hydrogen) atoms. The molecule has 2 nitrogen and oxygen atoms in total. The van der Waals surface area contributed by atoms with Crippen molar-refractivity contribution in [2.45, 2.75) is 33.0 Å². The van der Waals surface area contributed by atoms with E-state index in [1.165, 1.54) is 55.1 Å². The highest BCUT2D eigenvalue weighted by atomic mass is 15.0. The number of nitrogens with zero attached hydrogens (tertiary/aromatic N) is 2. The van der Waals surface area contributed by atoms with Gasteiger partial charge in [-0.15, -0.1) is 0 Å². The summed E-state index contributed by atoms with van der Waals surface area (Å²) in [6.45, 7) is 4.68. The number of hydrogen-bond acceptors (Lipinski definition) is 0. The summed E-state index contributed by atoms with van der Waals surface area (Å²) in [5.41, 5.74) is 11.4. The van der Waals surface area contributed by atoms with Crippen molar-refractivity contribution >= 4 is 27.2 Å². The van der Waals surface area contributed by atoms with Crippen molar-refractivity contribution in [3.63, 3.8) is 0 Å². The second-order valence-electron chi connectivity index (χ2n) is 10.00. The number of benzene rings is 3. The number of aryl methyl sites for hydroxylation is 3. The highest BCUT2D eigenvalue weighted by Crippen LogP contribution is 2.55. The summed E-state index contributed by atoms with van der Waals surface area (Å²) < 4.78 is 28.0. The van der Waals surface area contributed by atoms with Gasteiger partial charge < -0.3 is 4.40 Å². The molecule has 3 heterocycles. The molecule has 6 aromatic rings. The first-order valence-corrected chi connectivity index (χ1v) is 11.5. The number of rotatable bonds is 1. The van der Waals surface area contributed by atoms with Gasteiger partial charge in [-0.25, -0.2) is 4.57 Å². The summed E-state index contributed by atoms with van der Waals surface area (Å²) in [7, 11) is 1.94. The molecule has 2 heteroatoms. The molecule has 0 atom stereocenters. The number of para-hydroxylation sites is 1. The van der Waals surface area contributed by atoms with E-state index in [0.717, 1.165) is 11.3 Å². The van der Waals surface area contributed by atoms with Crippen LogP contribution in [0.4, 0.5) is 0 Å². The number of hydrogen-bond donors (Lipinski definition) is 0. The molecule has 1 aliphatic carbocycles. The van der Waals surface area contributed by atoms with Gasteiger partial charge in [0, 0.05) is 42.9 Å². The van der Waals surface area contributed by atoms with Gasteiger partial charge in [0.05, 0.1) is 22.3 Å². The van der Waals surface area contributed by atoms with Gasteiger partial charge in [-0.3, -0.25) is 0 Å². The normalized spacial score (nSPS) is 16.2. The maximum atomic E-state index is 7.86. The Labute approximate surface area is 198 Å². The molecular weight excluding hydrogens is 400 g/mol. The Morgan fingerprint density at radius 3 is 2.45 bits per heavy atom. The lowest BCUT2D eigenvalue weighted by atomic mass is 9.81. The third kappa shape index (κ3) is 2.17. The Morgan fingerprint density at radius 2 is 1.64 bits per heavy atom. The average Bonchev–Trinajstić information content (AvgIpc) is 3.43. The molecule has 3 aromatic carbocycles. The zero-order valence-corrected chi connectivity index (χ0v) is 19.3. The molecule has 7 rings (SSSR count). The van der Waals surface area contributed by atoms with E-state index in [4.69, 9.17) is 4.11 Å². The van der Waals surface area contributed by atoms with Crippen LogP contribution in [0.5, 0.6) is 0 Å². The van der Waals surface area contributed by atoms with E-state index in [0.29, 0.717) is 5.56 Å². The second kappa shape index (κ2) is 6.02. The topological polar surface area (TPSA) is 8.29 Å². The van der Waals surface area contributed by atoms with E-state index in [-0.39, 0.29) is 5.41 Å². The van der Waals surface area contributed by atoms with Crippen molar-refractivity contribution in [2.75, 3.05) is 0 Å². The van der Waals surface area contributed by atoms with Crippen LogP contribution in [0.2, 0.25) is 0 Å². The molecule has 0 radical (unpaired) electrons. The molecule has 0 saturated heterocycles. The van der Waals surface area contributed by atoms with Crippen LogP contribution in [0, 0.1) is 13.8 Å². The van der Waals surface area contributed by atoms with Crippen molar-refractivity contribution in [3.05, 3.63) is 95.2 Å². The molecule has 160 valence electrons. The quantitative estimate of drug-likeness (QED) is 0.246. The van der Waals surface area contributed by atoms with Gasteiger partial charge in [0.25, 0.3) is 0 Å². The van der Waals surface area contributed by atoms with E-state index < -0.39 is 6.85 Å². The standard InChI is InChI=1S/C31H27N2/c1-18-13-16-25(32(5)17-18)26-19(2)14-15-21-20-10-8-11-23-27-30(33(28(20)23)29(21)26)22-9-6-7-12-24(22)31(27,3)4/h6-17H,1-5H3/q+1/i1D3. The third-order valence-electron chi connectivity index (χ3n) is 7.76. The molecule has 0 amide bonds. The molecule has 0 aliphatic heterocycles. The maximum Gasteiger partial charge on any atom is 0.214 e. The molecule has 0 spiro atoms. The van der Waals surface area contributed by atoms with Crippen molar-refractivity contribution in [3.8, 4) is 22.5 Å². The second-order valence-corrected chi connectivity index (χ2v) is 10.00. The van der Waals surface area contributed by atoms with Crippen LogP contribution in [0.25, 0.3) is 49.7 Å². The summed E-state index contributed by atoms with van der Waals surface area (Å²) >= 11 is 0. The highest BCUT2D eigenvalue weighted by molar-refractivity contribution is 6.21. The van der Waals surface area contributed by atoms with Crippen LogP contribution in [-0.4, -0.2) is 4.40 Å². The number of pyridine rings is 1. The smallest absolute Gasteiger partial charge is 0.214 e. The Morgan fingerprint density at radius 1 is 0.848 bits per heavy atom. The zero-order chi connectivity index (χ0) is 25.1. The van der Waals surface area contributed by atoms with Gasteiger partial charge in [-0.1, -0.05) is 68.4 Å². The predicted octanol–water partition coefficient (Wildman–Crippen LogP) is 7.10. The number of fused-ring (bicyclic) bond motifs is 8. The van der Waals surface area contributed by atoms with Gasteiger partial charge in [-0.2, -0.15) is 0 Å². The minimum absolute atomic E-state index is 0.0957. The van der Waals surface area contributed by atoms with Crippen molar-refractivity contribution in [1.82, 2.24) is 4.40 Å². The number of aromatic nitrogens is 2. The van der Waals surface area contributed by atoms with Crippen LogP contribution in [-0.2, 0) is 12.5 Å². The Kier molecular flexibility index (Phi) is 2.93. The molecule has 3 aromatic heterocycles.